The molecule has 1 nitrogen and oxygen atoms in total. The van der Waals surface area contributed by atoms with Gasteiger partial charge < -0.3 is 4.74 Å². The lowest BCUT2D eigenvalue weighted by Gasteiger charge is -2.13. The van der Waals surface area contributed by atoms with Crippen molar-refractivity contribution in [1.29, 1.82) is 0 Å². The fourth-order valence-electron chi connectivity index (χ4n) is 1.49. The average molecular weight is 316 g/mol. The first-order valence-corrected chi connectivity index (χ1v) is 5.77. The van der Waals surface area contributed by atoms with E-state index in [1.54, 1.807) is 30.3 Å². The van der Waals surface area contributed by atoms with Crippen molar-refractivity contribution in [1.82, 2.24) is 0 Å². The van der Waals surface area contributed by atoms with Gasteiger partial charge in [0.25, 0.3) is 0 Å². The summed E-state index contributed by atoms with van der Waals surface area (Å²) in [5.74, 6) is -0.222. The van der Waals surface area contributed by atoms with Crippen LogP contribution >= 0.6 is 15.9 Å². The van der Waals surface area contributed by atoms with Gasteiger partial charge in [-0.25, -0.2) is 0 Å². The zero-order valence-corrected chi connectivity index (χ0v) is 10.5. The van der Waals surface area contributed by atoms with Gasteiger partial charge in [0.2, 0.25) is 0 Å². The maximum atomic E-state index is 12.3. The summed E-state index contributed by atoms with van der Waals surface area (Å²) in [6, 6.07) is 13.9. The molecule has 1 radical (unpaired) electrons. The Morgan fingerprint density at radius 2 is 1.78 bits per heavy atom. The van der Waals surface area contributed by atoms with E-state index in [4.69, 9.17) is 0 Å². The molecule has 5 heteroatoms. The van der Waals surface area contributed by atoms with Gasteiger partial charge >= 0.3 is 6.36 Å². The van der Waals surface area contributed by atoms with Crippen LogP contribution in [0.5, 0.6) is 5.75 Å². The summed E-state index contributed by atoms with van der Waals surface area (Å²) in [4.78, 5) is 0. The lowest BCUT2D eigenvalue weighted by molar-refractivity contribution is -0.274. The second-order valence-electron chi connectivity index (χ2n) is 3.47. The predicted molar refractivity (Wildman–Crippen MR) is 65.1 cm³/mol. The topological polar surface area (TPSA) is 9.23 Å². The number of rotatable bonds is 2. The fourth-order valence-corrected chi connectivity index (χ4v) is 1.74. The molecule has 2 aromatic carbocycles. The minimum atomic E-state index is -4.70. The van der Waals surface area contributed by atoms with Crippen LogP contribution in [-0.4, -0.2) is 6.36 Å². The molecule has 0 aromatic heterocycles. The van der Waals surface area contributed by atoms with Crippen molar-refractivity contribution in [3.8, 4) is 16.9 Å². The molecule has 0 amide bonds. The molecule has 18 heavy (non-hydrogen) atoms. The Kier molecular flexibility index (Phi) is 3.61. The van der Waals surface area contributed by atoms with Gasteiger partial charge in [-0.3, -0.25) is 0 Å². The number of hydrogen-bond acceptors (Lipinski definition) is 1. The molecule has 0 N–H and O–H groups in total. The molecule has 0 bridgehead atoms. The van der Waals surface area contributed by atoms with Gasteiger partial charge in [-0.15, -0.1) is 13.2 Å². The Morgan fingerprint density at radius 3 is 2.39 bits per heavy atom. The Hall–Kier alpha value is -1.49. The van der Waals surface area contributed by atoms with E-state index in [1.165, 1.54) is 12.1 Å². The number of hydrogen-bond donors (Lipinski definition) is 0. The van der Waals surface area contributed by atoms with Crippen molar-refractivity contribution < 1.29 is 17.9 Å². The van der Waals surface area contributed by atoms with Crippen molar-refractivity contribution in [2.75, 3.05) is 0 Å². The molecular weight excluding hydrogens is 309 g/mol. The average Bonchev–Trinajstić information content (AvgIpc) is 2.29. The maximum Gasteiger partial charge on any atom is 0.573 e. The summed E-state index contributed by atoms with van der Waals surface area (Å²) in [6.45, 7) is 0. The standard InChI is InChI=1S/C13H7BrF3O/c14-10-7-5-9(6-8-10)11-3-1-2-4-12(11)18-13(15,16)17/h1-7H. The van der Waals surface area contributed by atoms with Crippen LogP contribution in [0.25, 0.3) is 11.1 Å². The number of benzene rings is 2. The van der Waals surface area contributed by atoms with Crippen LogP contribution in [0.1, 0.15) is 0 Å². The van der Waals surface area contributed by atoms with Crippen LogP contribution in [0.3, 0.4) is 0 Å². The molecule has 2 aromatic rings. The van der Waals surface area contributed by atoms with E-state index in [0.717, 1.165) is 4.47 Å². The summed E-state index contributed by atoms with van der Waals surface area (Å²) < 4.78 is 41.5. The zero-order chi connectivity index (χ0) is 13.2. The number of alkyl halides is 3. The van der Waals surface area contributed by atoms with Crippen LogP contribution in [-0.2, 0) is 0 Å². The molecular formula is C13H7BrF3O. The van der Waals surface area contributed by atoms with Crippen molar-refractivity contribution in [2.24, 2.45) is 0 Å². The smallest absolute Gasteiger partial charge is 0.405 e. The molecule has 0 atom stereocenters. The minimum Gasteiger partial charge on any atom is -0.405 e. The first-order chi connectivity index (χ1) is 8.46. The second kappa shape index (κ2) is 5.02. The van der Waals surface area contributed by atoms with E-state index in [9.17, 15) is 13.2 Å². The molecule has 0 heterocycles. The second-order valence-corrected chi connectivity index (χ2v) is 4.32. The van der Waals surface area contributed by atoms with Crippen LogP contribution in [0.4, 0.5) is 13.2 Å². The number of para-hydroxylation sites is 1. The summed E-state index contributed by atoms with van der Waals surface area (Å²) in [6.07, 6.45) is -4.70. The van der Waals surface area contributed by atoms with Crippen molar-refractivity contribution in [2.45, 2.75) is 6.36 Å². The highest BCUT2D eigenvalue weighted by Gasteiger charge is 2.32. The highest BCUT2D eigenvalue weighted by Crippen LogP contribution is 2.33. The Labute approximate surface area is 110 Å². The molecule has 0 aliphatic rings. The summed E-state index contributed by atoms with van der Waals surface area (Å²) in [7, 11) is 0. The van der Waals surface area contributed by atoms with E-state index in [2.05, 4.69) is 26.7 Å². The molecule has 0 spiro atoms. The Bertz CT molecular complexity index is 535. The fraction of sp³-hybridized carbons (Fsp3) is 0.0769. The van der Waals surface area contributed by atoms with Gasteiger partial charge in [-0.05, 0) is 29.8 Å². The first kappa shape index (κ1) is 13.0. The third-order valence-corrected chi connectivity index (χ3v) is 2.69. The molecule has 0 saturated carbocycles. The molecule has 93 valence electrons. The van der Waals surface area contributed by atoms with E-state index in [1.807, 2.05) is 0 Å². The zero-order valence-electron chi connectivity index (χ0n) is 8.96. The van der Waals surface area contributed by atoms with Crippen molar-refractivity contribution in [3.63, 3.8) is 0 Å². The maximum absolute atomic E-state index is 12.3. The monoisotopic (exact) mass is 315 g/mol. The molecule has 0 aliphatic carbocycles. The van der Waals surface area contributed by atoms with Gasteiger partial charge in [-0.2, -0.15) is 0 Å². The lowest BCUT2D eigenvalue weighted by atomic mass is 10.1. The quantitative estimate of drug-likeness (QED) is 0.772. The predicted octanol–water partition coefficient (Wildman–Crippen LogP) is 4.81. The van der Waals surface area contributed by atoms with E-state index in [0.29, 0.717) is 11.1 Å². The van der Waals surface area contributed by atoms with Crippen LogP contribution in [0.15, 0.2) is 46.9 Å². The van der Waals surface area contributed by atoms with Crippen LogP contribution in [0.2, 0.25) is 0 Å². The number of ether oxygens (including phenoxy) is 1. The lowest BCUT2D eigenvalue weighted by Crippen LogP contribution is -2.17. The minimum absolute atomic E-state index is 0.222. The third-order valence-electron chi connectivity index (χ3n) is 2.20. The normalized spacial score (nSPS) is 11.3. The van der Waals surface area contributed by atoms with E-state index < -0.39 is 6.36 Å². The van der Waals surface area contributed by atoms with Crippen LogP contribution in [0, 0.1) is 6.07 Å². The largest absolute Gasteiger partial charge is 0.573 e. The Morgan fingerprint density at radius 1 is 1.06 bits per heavy atom. The summed E-state index contributed by atoms with van der Waals surface area (Å²) in [5, 5.41) is 0. The van der Waals surface area contributed by atoms with Crippen LogP contribution < -0.4 is 4.74 Å². The van der Waals surface area contributed by atoms with Gasteiger partial charge in [-0.1, -0.05) is 40.2 Å². The van der Waals surface area contributed by atoms with Crippen molar-refractivity contribution in [3.05, 3.63) is 53.0 Å². The molecule has 0 saturated heterocycles. The van der Waals surface area contributed by atoms with Gasteiger partial charge in [0.15, 0.2) is 0 Å². The number of halogens is 4. The van der Waals surface area contributed by atoms with E-state index >= 15 is 0 Å². The molecule has 0 unspecified atom stereocenters. The molecule has 2 rings (SSSR count). The third kappa shape index (κ3) is 3.26. The highest BCUT2D eigenvalue weighted by molar-refractivity contribution is 9.10. The van der Waals surface area contributed by atoms with Gasteiger partial charge in [0.1, 0.15) is 5.75 Å². The molecule has 0 fully saturated rings. The van der Waals surface area contributed by atoms with Gasteiger partial charge in [0.05, 0.1) is 0 Å². The first-order valence-electron chi connectivity index (χ1n) is 4.98. The van der Waals surface area contributed by atoms with Crippen molar-refractivity contribution >= 4 is 15.9 Å². The Balaban J connectivity index is 2.41. The van der Waals surface area contributed by atoms with E-state index in [-0.39, 0.29) is 5.75 Å². The summed E-state index contributed by atoms with van der Waals surface area (Å²) >= 11 is 3.22. The highest BCUT2D eigenvalue weighted by atomic mass is 79.9. The SMILES string of the molecule is FC(F)(F)Oc1ccccc1-c1c[c]c(Br)cc1. The van der Waals surface area contributed by atoms with Gasteiger partial charge in [0, 0.05) is 10.0 Å². The molecule has 0 aliphatic heterocycles. The summed E-state index contributed by atoms with van der Waals surface area (Å²) in [5.41, 5.74) is 0.983.